The summed E-state index contributed by atoms with van der Waals surface area (Å²) in [7, 11) is 0. The fourth-order valence-electron chi connectivity index (χ4n) is 2.26. The Labute approximate surface area is 163 Å². The van der Waals surface area contributed by atoms with Gasteiger partial charge >= 0.3 is 0 Å². The molecule has 0 spiro atoms. The molecule has 0 amide bonds. The number of Topliss-reactive ketones (excluding diaryl/α,β-unsaturated/α-hetero) is 1. The first-order valence-electron chi connectivity index (χ1n) is 7.74. The average Bonchev–Trinajstić information content (AvgIpc) is 2.55. The highest BCUT2D eigenvalue weighted by molar-refractivity contribution is 15.0. The molecule has 0 aliphatic carbocycles. The van der Waals surface area contributed by atoms with Gasteiger partial charge in [-0.25, -0.2) is 0 Å². The number of rotatable bonds is 5. The van der Waals surface area contributed by atoms with E-state index in [2.05, 4.69) is 70.1 Å². The van der Waals surface area contributed by atoms with Gasteiger partial charge in [0.15, 0.2) is 5.78 Å². The van der Waals surface area contributed by atoms with E-state index in [1.54, 1.807) is 0 Å². The summed E-state index contributed by atoms with van der Waals surface area (Å²) in [5.74, 6) is 0.184. The summed E-state index contributed by atoms with van der Waals surface area (Å²) in [5, 5.41) is 0. The summed E-state index contributed by atoms with van der Waals surface area (Å²) in [6, 6.07) is 18.0. The van der Waals surface area contributed by atoms with Crippen molar-refractivity contribution < 1.29 is 4.79 Å². The molecule has 0 saturated carbocycles. The van der Waals surface area contributed by atoms with Crippen LogP contribution in [0.15, 0.2) is 54.6 Å². The smallest absolute Gasteiger partial charge is 0.167 e. The molecule has 2 aromatic carbocycles. The number of aryl methyl sites for hydroxylation is 1. The van der Waals surface area contributed by atoms with Crippen LogP contribution in [-0.4, -0.2) is 5.78 Å². The van der Waals surface area contributed by atoms with Gasteiger partial charge in [-0.3, -0.25) is 4.79 Å². The Bertz CT molecular complexity index is 583. The van der Waals surface area contributed by atoms with Crippen LogP contribution in [0.4, 0.5) is 0 Å². The molecule has 1 nitrogen and oxygen atoms in total. The lowest BCUT2D eigenvalue weighted by Crippen LogP contribution is -2.07. The van der Waals surface area contributed by atoms with E-state index in [1.807, 2.05) is 42.5 Å². The minimum atomic E-state index is 0.184. The Morgan fingerprint density at radius 1 is 0.870 bits per heavy atom. The number of hydrogen-bond donors (Lipinski definition) is 0. The largest absolute Gasteiger partial charge is 0.294 e. The Morgan fingerprint density at radius 2 is 1.43 bits per heavy atom. The molecule has 0 heterocycles. The van der Waals surface area contributed by atoms with Gasteiger partial charge in [0.1, 0.15) is 0 Å². The molecule has 2 aromatic rings. The van der Waals surface area contributed by atoms with Crippen molar-refractivity contribution >= 4 is 43.0 Å². The molecule has 23 heavy (non-hydrogen) atoms. The zero-order chi connectivity index (χ0) is 17.3. The van der Waals surface area contributed by atoms with Crippen molar-refractivity contribution in [3.63, 3.8) is 0 Å². The Kier molecular flexibility index (Phi) is 9.36. The van der Waals surface area contributed by atoms with Crippen LogP contribution in [0.2, 0.25) is 0 Å². The van der Waals surface area contributed by atoms with Gasteiger partial charge in [-0.15, -0.1) is 0 Å². The van der Waals surface area contributed by atoms with Gasteiger partial charge in [-0.05, 0) is 29.4 Å². The quantitative estimate of drug-likeness (QED) is 0.303. The topological polar surface area (TPSA) is 17.1 Å². The van der Waals surface area contributed by atoms with Crippen molar-refractivity contribution in [3.05, 3.63) is 71.3 Å². The number of carbonyl (C=O) groups is 1. The molecule has 0 unspecified atom stereocenters. The first-order chi connectivity index (χ1) is 10.9. The van der Waals surface area contributed by atoms with Crippen LogP contribution >= 0.6 is 37.2 Å². The molecule has 0 atom stereocenters. The Balaban J connectivity index is 0.00000127. The van der Waals surface area contributed by atoms with E-state index in [0.717, 1.165) is 24.0 Å². The van der Waals surface area contributed by atoms with Crippen LogP contribution in [0.3, 0.4) is 0 Å². The van der Waals surface area contributed by atoms with Gasteiger partial charge in [0, 0.05) is 49.2 Å². The van der Waals surface area contributed by atoms with Gasteiger partial charge in [-0.1, -0.05) is 75.4 Å². The minimum Gasteiger partial charge on any atom is -0.294 e. The number of carbonyl (C=O) groups excluding carboxylic acids is 1. The van der Waals surface area contributed by atoms with Gasteiger partial charge in [0.2, 0.25) is 0 Å². The molecule has 0 radical (unpaired) electrons. The van der Waals surface area contributed by atoms with Crippen LogP contribution in [0.25, 0.3) is 0 Å². The number of halogens is 2. The second-order valence-electron chi connectivity index (χ2n) is 6.84. The molecular weight excluding hydrogens is 510 g/mol. The molecule has 0 aliphatic rings. The fraction of sp³-hybridized carbons (Fsp3) is 0.350. The summed E-state index contributed by atoms with van der Waals surface area (Å²) >= 11 is 4.24. The number of benzene rings is 2. The molecule has 0 N–H and O–H groups in total. The lowest BCUT2D eigenvalue weighted by molar-refractivity contribution is 0.0993. The van der Waals surface area contributed by atoms with Gasteiger partial charge in [0.05, 0.1) is 0 Å². The van der Waals surface area contributed by atoms with Crippen molar-refractivity contribution in [1.82, 2.24) is 0 Å². The monoisotopic (exact) mass is 534 g/mol. The zero-order valence-corrected chi connectivity index (χ0v) is 18.3. The van der Waals surface area contributed by atoms with E-state index in [4.69, 9.17) is 0 Å². The van der Waals surface area contributed by atoms with Crippen LogP contribution in [0.5, 0.6) is 0 Å². The number of ketones is 1. The van der Waals surface area contributed by atoms with E-state index in [9.17, 15) is 4.79 Å². The second-order valence-corrected chi connectivity index (χ2v) is 6.84. The second kappa shape index (κ2) is 10.4. The lowest BCUT2D eigenvalue weighted by Gasteiger charge is -2.17. The van der Waals surface area contributed by atoms with E-state index in [1.165, 1.54) is 5.56 Å². The molecule has 0 saturated heterocycles. The molecule has 0 aromatic heterocycles. The summed E-state index contributed by atoms with van der Waals surface area (Å²) < 4.78 is 0. The SMILES string of the molecule is CC(C)(C)CCc1ccc(C(=O)Cc2ccccc2)cc1.II. The highest BCUT2D eigenvalue weighted by Crippen LogP contribution is 2.21. The lowest BCUT2D eigenvalue weighted by atomic mass is 9.88. The maximum Gasteiger partial charge on any atom is 0.167 e. The first kappa shape index (κ1) is 20.6. The van der Waals surface area contributed by atoms with Crippen molar-refractivity contribution in [1.29, 1.82) is 0 Å². The summed E-state index contributed by atoms with van der Waals surface area (Å²) in [6.45, 7) is 6.76. The highest BCUT2D eigenvalue weighted by atomic mass is 128. The average molecular weight is 534 g/mol. The van der Waals surface area contributed by atoms with Crippen LogP contribution in [0.1, 0.15) is 48.7 Å². The standard InChI is InChI=1S/C20H24O.I2/c1-20(2,3)14-13-16-9-11-18(12-10-16)19(21)15-17-7-5-4-6-8-17;1-2/h4-12H,13-15H2,1-3H3;. The molecule has 0 aliphatic heterocycles. The van der Waals surface area contributed by atoms with Gasteiger partial charge in [-0.2, -0.15) is 0 Å². The van der Waals surface area contributed by atoms with Crippen molar-refractivity contribution in [2.24, 2.45) is 5.41 Å². The molecule has 0 bridgehead atoms. The third kappa shape index (κ3) is 8.29. The summed E-state index contributed by atoms with van der Waals surface area (Å²) in [6.07, 6.45) is 2.70. The maximum absolute atomic E-state index is 12.2. The molecule has 0 fully saturated rings. The molecule has 124 valence electrons. The van der Waals surface area contributed by atoms with E-state index in [-0.39, 0.29) is 5.78 Å². The van der Waals surface area contributed by atoms with Gasteiger partial charge in [0.25, 0.3) is 0 Å². The normalized spacial score (nSPS) is 10.7. The van der Waals surface area contributed by atoms with E-state index >= 15 is 0 Å². The van der Waals surface area contributed by atoms with Crippen molar-refractivity contribution in [2.75, 3.05) is 0 Å². The third-order valence-electron chi connectivity index (χ3n) is 3.65. The first-order valence-corrected chi connectivity index (χ1v) is 14.0. The third-order valence-corrected chi connectivity index (χ3v) is 3.65. The van der Waals surface area contributed by atoms with Crippen LogP contribution in [0, 0.1) is 5.41 Å². The summed E-state index contributed by atoms with van der Waals surface area (Å²) in [4.78, 5) is 12.2. The Hall–Kier alpha value is -0.430. The van der Waals surface area contributed by atoms with Gasteiger partial charge < -0.3 is 0 Å². The number of hydrogen-bond acceptors (Lipinski definition) is 1. The minimum absolute atomic E-state index is 0.184. The molecular formula is C20H24I2O. The Morgan fingerprint density at radius 3 is 1.96 bits per heavy atom. The van der Waals surface area contributed by atoms with Crippen LogP contribution in [-0.2, 0) is 12.8 Å². The fourth-order valence-corrected chi connectivity index (χ4v) is 2.26. The van der Waals surface area contributed by atoms with Crippen LogP contribution < -0.4 is 0 Å². The van der Waals surface area contributed by atoms with E-state index in [0.29, 0.717) is 11.8 Å². The predicted molar refractivity (Wildman–Crippen MR) is 117 cm³/mol. The highest BCUT2D eigenvalue weighted by Gasteiger charge is 2.11. The van der Waals surface area contributed by atoms with Crippen molar-refractivity contribution in [3.8, 4) is 0 Å². The summed E-state index contributed by atoms with van der Waals surface area (Å²) in [5.41, 5.74) is 3.53. The zero-order valence-electron chi connectivity index (χ0n) is 14.0. The molecule has 2 rings (SSSR count). The van der Waals surface area contributed by atoms with E-state index < -0.39 is 0 Å². The predicted octanol–water partition coefficient (Wildman–Crippen LogP) is 6.86. The molecule has 3 heteroatoms. The van der Waals surface area contributed by atoms with Crippen molar-refractivity contribution in [2.45, 2.75) is 40.0 Å². The maximum atomic E-state index is 12.2.